The zero-order valence-corrected chi connectivity index (χ0v) is 17.2. The van der Waals surface area contributed by atoms with Crippen molar-refractivity contribution in [3.05, 3.63) is 70.9 Å². The highest BCUT2D eigenvalue weighted by Crippen LogP contribution is 2.17. The molecular formula is C21H22ClFN6O. The van der Waals surface area contributed by atoms with Crippen molar-refractivity contribution in [2.45, 2.75) is 19.8 Å². The number of hydrogen-bond donors (Lipinski definition) is 3. The van der Waals surface area contributed by atoms with Crippen LogP contribution in [0.25, 0.3) is 0 Å². The minimum Gasteiger partial charge on any atom is -0.368 e. The maximum atomic E-state index is 13.2. The summed E-state index contributed by atoms with van der Waals surface area (Å²) < 4.78 is 13.2. The van der Waals surface area contributed by atoms with Crippen LogP contribution in [0.2, 0.25) is 5.02 Å². The van der Waals surface area contributed by atoms with E-state index < -0.39 is 5.82 Å². The van der Waals surface area contributed by atoms with E-state index in [1.54, 1.807) is 24.4 Å². The molecular weight excluding hydrogens is 407 g/mol. The number of nitrogens with zero attached hydrogens (tertiary/aromatic N) is 3. The SMILES string of the molecule is Cc1ccnc(Nc2cc(NCCNC(=O)CCc3ccc(F)c(Cl)c3)ncn2)c1. The standard InChI is InChI=1S/C21H22ClFN6O/c1-14-6-7-24-19(10-14)29-20-12-18(27-13-28-20)25-8-9-26-21(30)5-3-15-2-4-17(23)16(22)11-15/h2,4,6-7,10-13H,3,5,8-9H2,1H3,(H,26,30)(H2,24,25,27,28,29). The number of carbonyl (C=O) groups excluding carboxylic acids is 1. The van der Waals surface area contributed by atoms with Gasteiger partial charge in [0.15, 0.2) is 0 Å². The molecule has 0 unspecified atom stereocenters. The smallest absolute Gasteiger partial charge is 0.220 e. The van der Waals surface area contributed by atoms with Crippen LogP contribution in [0.5, 0.6) is 0 Å². The zero-order valence-electron chi connectivity index (χ0n) is 16.5. The van der Waals surface area contributed by atoms with Crippen molar-refractivity contribution in [3.8, 4) is 0 Å². The van der Waals surface area contributed by atoms with Crippen molar-refractivity contribution in [1.82, 2.24) is 20.3 Å². The van der Waals surface area contributed by atoms with Gasteiger partial charge in [-0.05, 0) is 48.7 Å². The Labute approximate surface area is 179 Å². The molecule has 0 saturated carbocycles. The van der Waals surface area contributed by atoms with Gasteiger partial charge in [0, 0.05) is 31.8 Å². The van der Waals surface area contributed by atoms with Gasteiger partial charge in [-0.15, -0.1) is 0 Å². The van der Waals surface area contributed by atoms with Crippen LogP contribution in [-0.4, -0.2) is 33.9 Å². The Morgan fingerprint density at radius 2 is 1.83 bits per heavy atom. The molecule has 7 nitrogen and oxygen atoms in total. The van der Waals surface area contributed by atoms with Crippen LogP contribution in [0, 0.1) is 12.7 Å². The molecule has 0 bridgehead atoms. The summed E-state index contributed by atoms with van der Waals surface area (Å²) in [5.74, 6) is 1.40. The van der Waals surface area contributed by atoms with Gasteiger partial charge in [0.1, 0.15) is 29.6 Å². The van der Waals surface area contributed by atoms with Gasteiger partial charge in [-0.25, -0.2) is 19.3 Å². The molecule has 0 radical (unpaired) electrons. The fourth-order valence-corrected chi connectivity index (χ4v) is 2.90. The lowest BCUT2D eigenvalue weighted by molar-refractivity contribution is -0.120. The van der Waals surface area contributed by atoms with Crippen LogP contribution in [-0.2, 0) is 11.2 Å². The highest BCUT2D eigenvalue weighted by atomic mass is 35.5. The molecule has 3 N–H and O–H groups in total. The number of rotatable bonds is 9. The van der Waals surface area contributed by atoms with Crippen molar-refractivity contribution in [2.75, 3.05) is 23.7 Å². The third kappa shape index (κ3) is 6.66. The van der Waals surface area contributed by atoms with Crippen molar-refractivity contribution in [3.63, 3.8) is 0 Å². The summed E-state index contributed by atoms with van der Waals surface area (Å²) >= 11 is 5.75. The molecule has 1 aromatic carbocycles. The number of pyridine rings is 1. The van der Waals surface area contributed by atoms with Crippen molar-refractivity contribution in [1.29, 1.82) is 0 Å². The molecule has 3 rings (SSSR count). The summed E-state index contributed by atoms with van der Waals surface area (Å²) in [4.78, 5) is 24.6. The maximum absolute atomic E-state index is 13.2. The van der Waals surface area contributed by atoms with E-state index in [-0.39, 0.29) is 10.9 Å². The predicted octanol–water partition coefficient (Wildman–Crippen LogP) is 3.88. The first-order valence-corrected chi connectivity index (χ1v) is 9.83. The van der Waals surface area contributed by atoms with Crippen molar-refractivity contribution in [2.24, 2.45) is 0 Å². The molecule has 0 aliphatic rings. The second-order valence-corrected chi connectivity index (χ2v) is 7.06. The highest BCUT2D eigenvalue weighted by molar-refractivity contribution is 6.30. The van der Waals surface area contributed by atoms with Crippen LogP contribution >= 0.6 is 11.6 Å². The van der Waals surface area contributed by atoms with Gasteiger partial charge in [0.25, 0.3) is 0 Å². The van der Waals surface area contributed by atoms with Crippen molar-refractivity contribution < 1.29 is 9.18 Å². The second kappa shape index (κ2) is 10.5. The molecule has 1 amide bonds. The molecule has 30 heavy (non-hydrogen) atoms. The van der Waals surface area contributed by atoms with E-state index in [0.29, 0.717) is 43.4 Å². The van der Waals surface area contributed by atoms with E-state index in [2.05, 4.69) is 30.9 Å². The van der Waals surface area contributed by atoms with Gasteiger partial charge < -0.3 is 16.0 Å². The van der Waals surface area contributed by atoms with Gasteiger partial charge in [-0.3, -0.25) is 4.79 Å². The molecule has 0 fully saturated rings. The van der Waals surface area contributed by atoms with Gasteiger partial charge >= 0.3 is 0 Å². The highest BCUT2D eigenvalue weighted by Gasteiger charge is 2.05. The van der Waals surface area contributed by atoms with Gasteiger partial charge in [-0.2, -0.15) is 0 Å². The topological polar surface area (TPSA) is 91.8 Å². The lowest BCUT2D eigenvalue weighted by atomic mass is 10.1. The summed E-state index contributed by atoms with van der Waals surface area (Å²) in [6.45, 7) is 2.94. The molecule has 0 saturated heterocycles. The summed E-state index contributed by atoms with van der Waals surface area (Å²) in [5, 5.41) is 9.16. The molecule has 0 aliphatic carbocycles. The Hall–Kier alpha value is -3.26. The zero-order chi connectivity index (χ0) is 21.3. The molecule has 2 heterocycles. The summed E-state index contributed by atoms with van der Waals surface area (Å²) in [6, 6.07) is 10.1. The summed E-state index contributed by atoms with van der Waals surface area (Å²) in [5.41, 5.74) is 1.91. The molecule has 0 atom stereocenters. The molecule has 9 heteroatoms. The third-order valence-electron chi connectivity index (χ3n) is 4.22. The maximum Gasteiger partial charge on any atom is 0.220 e. The van der Waals surface area contributed by atoms with E-state index in [1.165, 1.54) is 12.4 Å². The molecule has 3 aromatic rings. The number of aromatic nitrogens is 3. The number of halogens is 2. The number of hydrogen-bond acceptors (Lipinski definition) is 6. The number of carbonyl (C=O) groups is 1. The van der Waals surface area contributed by atoms with Crippen LogP contribution in [0.1, 0.15) is 17.5 Å². The number of aryl methyl sites for hydroxylation is 2. The Bertz CT molecular complexity index is 1020. The normalized spacial score (nSPS) is 10.5. The minimum absolute atomic E-state index is 0.0639. The van der Waals surface area contributed by atoms with E-state index in [1.807, 2.05) is 19.1 Å². The number of benzene rings is 1. The fourth-order valence-electron chi connectivity index (χ4n) is 2.69. The molecule has 156 valence electrons. The van der Waals surface area contributed by atoms with Crippen LogP contribution in [0.4, 0.5) is 21.8 Å². The first-order valence-electron chi connectivity index (χ1n) is 9.46. The molecule has 0 aliphatic heterocycles. The average Bonchev–Trinajstić information content (AvgIpc) is 2.72. The van der Waals surface area contributed by atoms with Gasteiger partial charge in [0.05, 0.1) is 5.02 Å². The first kappa shape index (κ1) is 21.4. The van der Waals surface area contributed by atoms with Crippen LogP contribution < -0.4 is 16.0 Å². The monoisotopic (exact) mass is 428 g/mol. The Morgan fingerprint density at radius 3 is 2.63 bits per heavy atom. The minimum atomic E-state index is -0.464. The fraction of sp³-hybridized carbons (Fsp3) is 0.238. The Kier molecular flexibility index (Phi) is 7.51. The average molecular weight is 429 g/mol. The van der Waals surface area contributed by atoms with Gasteiger partial charge in [-0.1, -0.05) is 17.7 Å². The Balaban J connectivity index is 1.39. The van der Waals surface area contributed by atoms with E-state index >= 15 is 0 Å². The number of amides is 1. The number of anilines is 3. The van der Waals surface area contributed by atoms with E-state index in [0.717, 1.165) is 11.1 Å². The largest absolute Gasteiger partial charge is 0.368 e. The Morgan fingerprint density at radius 1 is 1.03 bits per heavy atom. The first-order chi connectivity index (χ1) is 14.5. The van der Waals surface area contributed by atoms with Gasteiger partial charge in [0.2, 0.25) is 5.91 Å². The number of nitrogens with one attached hydrogen (secondary N) is 3. The predicted molar refractivity (Wildman–Crippen MR) is 116 cm³/mol. The quantitative estimate of drug-likeness (QED) is 0.448. The second-order valence-electron chi connectivity index (χ2n) is 6.66. The van der Waals surface area contributed by atoms with Crippen LogP contribution in [0.15, 0.2) is 48.9 Å². The lowest BCUT2D eigenvalue weighted by Gasteiger charge is -2.09. The van der Waals surface area contributed by atoms with Crippen LogP contribution in [0.3, 0.4) is 0 Å². The lowest BCUT2D eigenvalue weighted by Crippen LogP contribution is -2.29. The van der Waals surface area contributed by atoms with Crippen molar-refractivity contribution >= 4 is 35.0 Å². The summed E-state index contributed by atoms with van der Waals surface area (Å²) in [7, 11) is 0. The third-order valence-corrected chi connectivity index (χ3v) is 4.51. The van der Waals surface area contributed by atoms with E-state index in [4.69, 9.17) is 11.6 Å². The van der Waals surface area contributed by atoms with E-state index in [9.17, 15) is 9.18 Å². The molecule has 2 aromatic heterocycles. The summed E-state index contributed by atoms with van der Waals surface area (Å²) in [6.07, 6.45) is 3.97. The molecule has 0 spiro atoms.